The number of hydrogen-bond acceptors (Lipinski definition) is 4. The van der Waals surface area contributed by atoms with Crippen molar-refractivity contribution in [2.45, 2.75) is 43.2 Å². The second-order valence-corrected chi connectivity index (χ2v) is 9.71. The summed E-state index contributed by atoms with van der Waals surface area (Å²) in [4.78, 5) is 16.6. The van der Waals surface area contributed by atoms with E-state index in [9.17, 15) is 13.2 Å². The van der Waals surface area contributed by atoms with Crippen LogP contribution in [-0.2, 0) is 27.8 Å². The van der Waals surface area contributed by atoms with Crippen LogP contribution in [0.25, 0.3) is 0 Å². The average Bonchev–Trinajstić information content (AvgIpc) is 3.16. The fourth-order valence-corrected chi connectivity index (χ4v) is 6.38. The molecule has 1 atom stereocenters. The van der Waals surface area contributed by atoms with E-state index in [-0.39, 0.29) is 10.8 Å². The third-order valence-electron chi connectivity index (χ3n) is 5.21. The molecule has 26 heavy (non-hydrogen) atoms. The fraction of sp³-hybridized carbons (Fsp3) is 0.421. The van der Waals surface area contributed by atoms with Gasteiger partial charge in [-0.15, -0.1) is 11.3 Å². The van der Waals surface area contributed by atoms with Crippen molar-refractivity contribution in [1.82, 2.24) is 9.21 Å². The van der Waals surface area contributed by atoms with Crippen molar-refractivity contribution in [3.63, 3.8) is 0 Å². The number of rotatable bonds is 3. The van der Waals surface area contributed by atoms with Crippen molar-refractivity contribution < 1.29 is 13.2 Å². The summed E-state index contributed by atoms with van der Waals surface area (Å²) in [7, 11) is -3.66. The monoisotopic (exact) mass is 390 g/mol. The van der Waals surface area contributed by atoms with Crippen LogP contribution in [0.1, 0.15) is 29.7 Å². The van der Waals surface area contributed by atoms with Gasteiger partial charge in [-0.2, -0.15) is 4.31 Å². The van der Waals surface area contributed by atoms with Crippen LogP contribution < -0.4 is 0 Å². The summed E-state index contributed by atoms with van der Waals surface area (Å²) in [5.74, 6) is -0.0546. The van der Waals surface area contributed by atoms with Gasteiger partial charge >= 0.3 is 0 Å². The minimum Gasteiger partial charge on any atom is -0.337 e. The smallest absolute Gasteiger partial charge is 0.243 e. The molecule has 1 aromatic carbocycles. The molecule has 138 valence electrons. The Morgan fingerprint density at radius 3 is 2.69 bits per heavy atom. The average molecular weight is 391 g/mol. The first-order valence-corrected chi connectivity index (χ1v) is 11.3. The zero-order valence-electron chi connectivity index (χ0n) is 14.5. The van der Waals surface area contributed by atoms with Gasteiger partial charge in [-0.1, -0.05) is 24.6 Å². The number of sulfonamides is 1. The van der Waals surface area contributed by atoms with Gasteiger partial charge in [0.1, 0.15) is 6.04 Å². The Morgan fingerprint density at radius 1 is 1.08 bits per heavy atom. The van der Waals surface area contributed by atoms with E-state index in [1.165, 1.54) is 14.7 Å². The number of piperidine rings is 1. The molecule has 2 aliphatic rings. The van der Waals surface area contributed by atoms with Gasteiger partial charge in [-0.25, -0.2) is 8.42 Å². The highest BCUT2D eigenvalue weighted by Crippen LogP contribution is 2.29. The minimum atomic E-state index is -3.66. The zero-order valence-corrected chi connectivity index (χ0v) is 16.1. The summed E-state index contributed by atoms with van der Waals surface area (Å²) < 4.78 is 27.6. The van der Waals surface area contributed by atoms with Crippen LogP contribution in [0.5, 0.6) is 0 Å². The second kappa shape index (κ2) is 7.13. The first-order valence-electron chi connectivity index (χ1n) is 8.98. The van der Waals surface area contributed by atoms with Crippen LogP contribution >= 0.6 is 11.3 Å². The van der Waals surface area contributed by atoms with Gasteiger partial charge in [-0.3, -0.25) is 4.79 Å². The van der Waals surface area contributed by atoms with E-state index in [1.807, 2.05) is 4.90 Å². The van der Waals surface area contributed by atoms with E-state index in [1.54, 1.807) is 41.7 Å². The molecule has 0 N–H and O–H groups in total. The molecule has 1 amide bonds. The molecular formula is C19H22N2O3S2. The Labute approximate surface area is 158 Å². The van der Waals surface area contributed by atoms with Crippen LogP contribution in [-0.4, -0.2) is 42.7 Å². The van der Waals surface area contributed by atoms with E-state index in [4.69, 9.17) is 0 Å². The molecule has 3 heterocycles. The Morgan fingerprint density at radius 2 is 1.88 bits per heavy atom. The lowest BCUT2D eigenvalue weighted by Crippen LogP contribution is -2.53. The molecule has 1 aromatic heterocycles. The van der Waals surface area contributed by atoms with Gasteiger partial charge in [0, 0.05) is 24.5 Å². The van der Waals surface area contributed by atoms with E-state index in [0.29, 0.717) is 26.1 Å². The van der Waals surface area contributed by atoms with Crippen molar-refractivity contribution in [3.8, 4) is 0 Å². The van der Waals surface area contributed by atoms with Crippen LogP contribution in [0.2, 0.25) is 0 Å². The number of benzene rings is 1. The van der Waals surface area contributed by atoms with Crippen molar-refractivity contribution in [3.05, 3.63) is 52.2 Å². The Hall–Kier alpha value is -1.70. The van der Waals surface area contributed by atoms with Gasteiger partial charge in [-0.05, 0) is 48.4 Å². The molecule has 0 saturated carbocycles. The highest BCUT2D eigenvalue weighted by Gasteiger charge is 2.40. The largest absolute Gasteiger partial charge is 0.337 e. The molecule has 1 fully saturated rings. The molecule has 0 aliphatic carbocycles. The number of amides is 1. The third kappa shape index (κ3) is 3.19. The normalized spacial score (nSPS) is 21.4. The summed E-state index contributed by atoms with van der Waals surface area (Å²) in [6.07, 6.45) is 3.13. The molecule has 7 heteroatoms. The maximum atomic E-state index is 13.2. The SMILES string of the molecule is O=C(C1CCCCN1S(=O)(=O)c1ccccc1)N1CCc2sccc2C1. The Balaban J connectivity index is 1.59. The van der Waals surface area contributed by atoms with Crippen LogP contribution in [0.3, 0.4) is 0 Å². The molecule has 0 spiro atoms. The maximum absolute atomic E-state index is 13.2. The quantitative estimate of drug-likeness (QED) is 0.810. The third-order valence-corrected chi connectivity index (χ3v) is 8.15. The molecule has 5 nitrogen and oxygen atoms in total. The molecule has 0 bridgehead atoms. The van der Waals surface area contributed by atoms with Gasteiger partial charge < -0.3 is 4.90 Å². The molecular weight excluding hydrogens is 368 g/mol. The van der Waals surface area contributed by atoms with Crippen LogP contribution in [0.4, 0.5) is 0 Å². The van der Waals surface area contributed by atoms with Gasteiger partial charge in [0.2, 0.25) is 15.9 Å². The van der Waals surface area contributed by atoms with Crippen molar-refractivity contribution >= 4 is 27.3 Å². The summed E-state index contributed by atoms with van der Waals surface area (Å²) in [5, 5.41) is 2.06. The summed E-state index contributed by atoms with van der Waals surface area (Å²) in [6.45, 7) is 1.67. The minimum absolute atomic E-state index is 0.0546. The highest BCUT2D eigenvalue weighted by atomic mass is 32.2. The standard InChI is InChI=1S/C19H22N2O3S2/c22-19(20-12-9-18-15(14-20)10-13-25-18)17-8-4-5-11-21(17)26(23,24)16-6-2-1-3-7-16/h1-3,6-7,10,13,17H,4-5,8-9,11-12,14H2. The van der Waals surface area contributed by atoms with Gasteiger partial charge in [0.25, 0.3) is 0 Å². The topological polar surface area (TPSA) is 57.7 Å². The van der Waals surface area contributed by atoms with E-state index < -0.39 is 16.1 Å². The highest BCUT2D eigenvalue weighted by molar-refractivity contribution is 7.89. The van der Waals surface area contributed by atoms with Crippen molar-refractivity contribution in [2.24, 2.45) is 0 Å². The first kappa shape index (κ1) is 17.7. The van der Waals surface area contributed by atoms with Crippen LogP contribution in [0, 0.1) is 0 Å². The van der Waals surface area contributed by atoms with Gasteiger partial charge in [0.15, 0.2) is 0 Å². The molecule has 0 radical (unpaired) electrons. The molecule has 2 aliphatic heterocycles. The van der Waals surface area contributed by atoms with Crippen LogP contribution in [0.15, 0.2) is 46.7 Å². The summed E-state index contributed by atoms with van der Waals surface area (Å²) in [5.41, 5.74) is 1.20. The van der Waals surface area contributed by atoms with E-state index in [2.05, 4.69) is 11.4 Å². The lowest BCUT2D eigenvalue weighted by molar-refractivity contribution is -0.137. The van der Waals surface area contributed by atoms with E-state index in [0.717, 1.165) is 19.3 Å². The number of fused-ring (bicyclic) bond motifs is 1. The number of thiophene rings is 1. The zero-order chi connectivity index (χ0) is 18.1. The maximum Gasteiger partial charge on any atom is 0.243 e. The predicted octanol–water partition coefficient (Wildman–Crippen LogP) is 2.88. The Kier molecular flexibility index (Phi) is 4.86. The number of hydrogen-bond donors (Lipinski definition) is 0. The fourth-order valence-electron chi connectivity index (χ4n) is 3.81. The number of carbonyl (C=O) groups is 1. The lowest BCUT2D eigenvalue weighted by Gasteiger charge is -2.38. The molecule has 2 aromatic rings. The Bertz CT molecular complexity index is 893. The second-order valence-electron chi connectivity index (χ2n) is 6.82. The van der Waals surface area contributed by atoms with Gasteiger partial charge in [0.05, 0.1) is 4.90 Å². The lowest BCUT2D eigenvalue weighted by atomic mass is 10.0. The molecule has 1 unspecified atom stereocenters. The van der Waals surface area contributed by atoms with E-state index >= 15 is 0 Å². The molecule has 4 rings (SSSR count). The summed E-state index contributed by atoms with van der Waals surface area (Å²) >= 11 is 1.73. The number of carbonyl (C=O) groups excluding carboxylic acids is 1. The predicted molar refractivity (Wildman–Crippen MR) is 101 cm³/mol. The number of nitrogens with zero attached hydrogens (tertiary/aromatic N) is 2. The van der Waals surface area contributed by atoms with Crippen molar-refractivity contribution in [2.75, 3.05) is 13.1 Å². The summed E-state index contributed by atoms with van der Waals surface area (Å²) in [6, 6.07) is 9.91. The first-order chi connectivity index (χ1) is 12.6. The van der Waals surface area contributed by atoms with Crippen molar-refractivity contribution in [1.29, 1.82) is 0 Å². The molecule has 1 saturated heterocycles.